The molecule has 1 heterocycles. The highest BCUT2D eigenvalue weighted by atomic mass is 14.9. The van der Waals surface area contributed by atoms with Crippen molar-refractivity contribution in [3.05, 3.63) is 65.5 Å². The molecule has 2 aromatic rings. The van der Waals surface area contributed by atoms with Crippen LogP contribution < -0.4 is 5.32 Å². The third kappa shape index (κ3) is 2.85. The lowest BCUT2D eigenvalue weighted by molar-refractivity contribution is 0.289. The van der Waals surface area contributed by atoms with E-state index in [9.17, 15) is 0 Å². The minimum absolute atomic E-state index is 0.665. The number of aromatic nitrogens is 1. The first-order valence-corrected chi connectivity index (χ1v) is 7.01. The zero-order valence-corrected chi connectivity index (χ0v) is 11.3. The van der Waals surface area contributed by atoms with E-state index in [0.717, 1.165) is 12.5 Å². The van der Waals surface area contributed by atoms with Gasteiger partial charge < -0.3 is 5.32 Å². The van der Waals surface area contributed by atoms with E-state index < -0.39 is 0 Å². The highest BCUT2D eigenvalue weighted by molar-refractivity contribution is 5.24. The van der Waals surface area contributed by atoms with E-state index in [0.29, 0.717) is 6.04 Å². The molecule has 1 aromatic heterocycles. The molecule has 0 unspecified atom stereocenters. The minimum Gasteiger partial charge on any atom is -0.310 e. The standard InChI is InChI=1S/C17H20N2/c1-13-11-18-8-7-15(13)12-19-17-9-16(10-17)14-5-3-2-4-6-14/h2-8,11,16-17,19H,9-10,12H2,1H3. The summed E-state index contributed by atoms with van der Waals surface area (Å²) in [5.74, 6) is 0.747. The molecule has 19 heavy (non-hydrogen) atoms. The molecule has 2 heteroatoms. The monoisotopic (exact) mass is 252 g/mol. The van der Waals surface area contributed by atoms with Crippen LogP contribution in [0.4, 0.5) is 0 Å². The van der Waals surface area contributed by atoms with Crippen molar-refractivity contribution in [1.29, 1.82) is 0 Å². The van der Waals surface area contributed by atoms with Gasteiger partial charge in [-0.3, -0.25) is 4.98 Å². The number of nitrogens with one attached hydrogen (secondary N) is 1. The van der Waals surface area contributed by atoms with E-state index in [2.05, 4.69) is 53.6 Å². The lowest BCUT2D eigenvalue weighted by Gasteiger charge is -2.36. The molecule has 1 aliphatic carbocycles. The molecule has 98 valence electrons. The lowest BCUT2D eigenvalue weighted by Crippen LogP contribution is -2.39. The molecule has 1 fully saturated rings. The van der Waals surface area contributed by atoms with E-state index in [-0.39, 0.29) is 0 Å². The van der Waals surface area contributed by atoms with Crippen LogP contribution in [0.2, 0.25) is 0 Å². The van der Waals surface area contributed by atoms with Gasteiger partial charge in [0.15, 0.2) is 0 Å². The SMILES string of the molecule is Cc1cnccc1CNC1CC(c2ccccc2)C1. The number of pyridine rings is 1. The third-order valence-corrected chi connectivity index (χ3v) is 4.13. The van der Waals surface area contributed by atoms with E-state index in [1.54, 1.807) is 0 Å². The highest BCUT2D eigenvalue weighted by Crippen LogP contribution is 2.36. The van der Waals surface area contributed by atoms with E-state index in [4.69, 9.17) is 0 Å². The van der Waals surface area contributed by atoms with Gasteiger partial charge in [-0.25, -0.2) is 0 Å². The number of nitrogens with zero attached hydrogens (tertiary/aromatic N) is 1. The zero-order valence-electron chi connectivity index (χ0n) is 11.3. The van der Waals surface area contributed by atoms with Gasteiger partial charge in [0, 0.05) is 25.0 Å². The molecule has 0 spiro atoms. The van der Waals surface area contributed by atoms with E-state index in [1.165, 1.54) is 29.5 Å². The molecule has 2 nitrogen and oxygen atoms in total. The maximum atomic E-state index is 4.13. The van der Waals surface area contributed by atoms with E-state index in [1.807, 2.05) is 12.4 Å². The average molecular weight is 252 g/mol. The summed E-state index contributed by atoms with van der Waals surface area (Å²) < 4.78 is 0. The van der Waals surface area contributed by atoms with Crippen LogP contribution in [-0.4, -0.2) is 11.0 Å². The summed E-state index contributed by atoms with van der Waals surface area (Å²) in [6.07, 6.45) is 6.32. The van der Waals surface area contributed by atoms with Crippen molar-refractivity contribution in [2.45, 2.75) is 38.3 Å². The first-order chi connectivity index (χ1) is 9.33. The molecule has 0 atom stereocenters. The summed E-state index contributed by atoms with van der Waals surface area (Å²) in [6, 6.07) is 13.6. The van der Waals surface area contributed by atoms with Gasteiger partial charge in [-0.15, -0.1) is 0 Å². The van der Waals surface area contributed by atoms with Gasteiger partial charge in [0.1, 0.15) is 0 Å². The van der Waals surface area contributed by atoms with Crippen LogP contribution in [0, 0.1) is 6.92 Å². The molecule has 0 radical (unpaired) electrons. The van der Waals surface area contributed by atoms with Crippen LogP contribution in [-0.2, 0) is 6.54 Å². The average Bonchev–Trinajstić information content (AvgIpc) is 2.40. The normalized spacial score (nSPS) is 21.9. The minimum atomic E-state index is 0.665. The van der Waals surface area contributed by atoms with Crippen LogP contribution in [0.1, 0.15) is 35.4 Å². The van der Waals surface area contributed by atoms with Gasteiger partial charge in [-0.1, -0.05) is 30.3 Å². The quantitative estimate of drug-likeness (QED) is 0.901. The van der Waals surface area contributed by atoms with Crippen LogP contribution >= 0.6 is 0 Å². The molecule has 0 bridgehead atoms. The summed E-state index contributed by atoms with van der Waals surface area (Å²) in [5, 5.41) is 3.65. The van der Waals surface area contributed by atoms with Crippen molar-refractivity contribution < 1.29 is 0 Å². The molecule has 1 N–H and O–H groups in total. The Morgan fingerprint density at radius 2 is 1.95 bits per heavy atom. The Morgan fingerprint density at radius 3 is 2.68 bits per heavy atom. The van der Waals surface area contributed by atoms with Crippen molar-refractivity contribution in [2.75, 3.05) is 0 Å². The predicted molar refractivity (Wildman–Crippen MR) is 78.0 cm³/mol. The number of hydrogen-bond acceptors (Lipinski definition) is 2. The van der Waals surface area contributed by atoms with Crippen molar-refractivity contribution in [3.8, 4) is 0 Å². The van der Waals surface area contributed by atoms with Crippen LogP contribution in [0.25, 0.3) is 0 Å². The first kappa shape index (κ1) is 12.4. The predicted octanol–water partition coefficient (Wildman–Crippen LogP) is 3.43. The van der Waals surface area contributed by atoms with Crippen molar-refractivity contribution in [3.63, 3.8) is 0 Å². The summed E-state index contributed by atoms with van der Waals surface area (Å²) in [6.45, 7) is 3.08. The smallest absolute Gasteiger partial charge is 0.0300 e. The molecular weight excluding hydrogens is 232 g/mol. The fraction of sp³-hybridized carbons (Fsp3) is 0.353. The van der Waals surface area contributed by atoms with Crippen LogP contribution in [0.15, 0.2) is 48.8 Å². The maximum Gasteiger partial charge on any atom is 0.0300 e. The Hall–Kier alpha value is -1.67. The number of hydrogen-bond donors (Lipinski definition) is 1. The third-order valence-electron chi connectivity index (χ3n) is 4.13. The van der Waals surface area contributed by atoms with Gasteiger partial charge in [0.05, 0.1) is 0 Å². The largest absolute Gasteiger partial charge is 0.310 e. The molecule has 1 saturated carbocycles. The molecular formula is C17H20N2. The number of aryl methyl sites for hydroxylation is 1. The maximum absolute atomic E-state index is 4.13. The fourth-order valence-electron chi connectivity index (χ4n) is 2.74. The van der Waals surface area contributed by atoms with Crippen LogP contribution in [0.5, 0.6) is 0 Å². The van der Waals surface area contributed by atoms with Gasteiger partial charge in [0.25, 0.3) is 0 Å². The van der Waals surface area contributed by atoms with E-state index >= 15 is 0 Å². The van der Waals surface area contributed by atoms with Gasteiger partial charge in [0.2, 0.25) is 0 Å². The van der Waals surface area contributed by atoms with Gasteiger partial charge >= 0.3 is 0 Å². The highest BCUT2D eigenvalue weighted by Gasteiger charge is 2.29. The Kier molecular flexibility index (Phi) is 3.60. The first-order valence-electron chi connectivity index (χ1n) is 7.01. The molecule has 1 aliphatic rings. The van der Waals surface area contributed by atoms with Gasteiger partial charge in [-0.2, -0.15) is 0 Å². The fourth-order valence-corrected chi connectivity index (χ4v) is 2.74. The molecule has 1 aromatic carbocycles. The summed E-state index contributed by atoms with van der Waals surface area (Å²) >= 11 is 0. The summed E-state index contributed by atoms with van der Waals surface area (Å²) in [5.41, 5.74) is 4.12. The number of rotatable bonds is 4. The van der Waals surface area contributed by atoms with Crippen molar-refractivity contribution >= 4 is 0 Å². The molecule has 0 amide bonds. The van der Waals surface area contributed by atoms with Crippen molar-refractivity contribution in [2.24, 2.45) is 0 Å². The zero-order chi connectivity index (χ0) is 13.1. The lowest BCUT2D eigenvalue weighted by atomic mass is 9.76. The van der Waals surface area contributed by atoms with Crippen molar-refractivity contribution in [1.82, 2.24) is 10.3 Å². The number of benzene rings is 1. The summed E-state index contributed by atoms with van der Waals surface area (Å²) in [4.78, 5) is 4.13. The second kappa shape index (κ2) is 5.54. The second-order valence-corrected chi connectivity index (χ2v) is 5.46. The Morgan fingerprint density at radius 1 is 1.16 bits per heavy atom. The molecule has 0 aliphatic heterocycles. The topological polar surface area (TPSA) is 24.9 Å². The molecule has 0 saturated heterocycles. The summed E-state index contributed by atoms with van der Waals surface area (Å²) in [7, 11) is 0. The molecule has 3 rings (SSSR count). The Labute approximate surface area is 114 Å². The Bertz CT molecular complexity index is 530. The second-order valence-electron chi connectivity index (χ2n) is 5.46. The van der Waals surface area contributed by atoms with Crippen LogP contribution in [0.3, 0.4) is 0 Å². The Balaban J connectivity index is 1.49. The van der Waals surface area contributed by atoms with Gasteiger partial charge in [-0.05, 0) is 48.4 Å².